The lowest BCUT2D eigenvalue weighted by molar-refractivity contribution is -0.256. The third-order valence-corrected chi connectivity index (χ3v) is 5.86. The molecule has 0 aliphatic carbocycles. The second kappa shape index (κ2) is 9.97. The second-order valence-electron chi connectivity index (χ2n) is 7.65. The van der Waals surface area contributed by atoms with Gasteiger partial charge in [0.05, 0.1) is 6.61 Å². The zero-order chi connectivity index (χ0) is 22.7. The summed E-state index contributed by atoms with van der Waals surface area (Å²) in [7, 11) is 1.47. The van der Waals surface area contributed by atoms with Gasteiger partial charge in [-0.1, -0.05) is 35.9 Å². The van der Waals surface area contributed by atoms with Crippen LogP contribution in [0.5, 0.6) is 5.75 Å². The minimum absolute atomic E-state index is 0.335. The molecule has 1 aliphatic rings. The zero-order valence-corrected chi connectivity index (χ0v) is 18.5. The maximum absolute atomic E-state index is 11.8. The van der Waals surface area contributed by atoms with Crippen molar-refractivity contribution in [2.45, 2.75) is 50.9 Å². The molecule has 2 aromatic rings. The smallest absolute Gasteiger partial charge is 0.221 e. The van der Waals surface area contributed by atoms with Crippen LogP contribution in [0.3, 0.4) is 0 Å². The first kappa shape index (κ1) is 23.5. The van der Waals surface area contributed by atoms with Gasteiger partial charge in [-0.25, -0.2) is 0 Å². The molecule has 3 N–H and O–H groups in total. The third kappa shape index (κ3) is 5.19. The van der Waals surface area contributed by atoms with Crippen LogP contribution in [0, 0.1) is 0 Å². The average Bonchev–Trinajstić information content (AvgIpc) is 2.75. The number of amides is 1. The molecule has 5 atom stereocenters. The van der Waals surface area contributed by atoms with E-state index in [1.54, 1.807) is 12.1 Å². The summed E-state index contributed by atoms with van der Waals surface area (Å²) in [4.78, 5) is 12.9. The van der Waals surface area contributed by atoms with Gasteiger partial charge in [0.15, 0.2) is 6.23 Å². The van der Waals surface area contributed by atoms with Crippen molar-refractivity contribution in [3.8, 4) is 5.75 Å². The van der Waals surface area contributed by atoms with Crippen LogP contribution in [0.2, 0.25) is 5.02 Å². The van der Waals surface area contributed by atoms with Crippen LogP contribution in [0.25, 0.3) is 0 Å². The van der Waals surface area contributed by atoms with Crippen molar-refractivity contribution >= 4 is 17.5 Å². The SMILES string of the molecule is CCOc1ccc(Cc2cc([C@@H]3O[C@H](N(C)C(C)=O)[C@@H](O)[C@H](O)[C@H]3O)ccc2Cl)cc1. The number of aliphatic hydroxyl groups excluding tert-OH is 3. The summed E-state index contributed by atoms with van der Waals surface area (Å²) < 4.78 is 11.3. The molecule has 168 valence electrons. The topological polar surface area (TPSA) is 99.5 Å². The van der Waals surface area contributed by atoms with E-state index in [1.165, 1.54) is 18.9 Å². The van der Waals surface area contributed by atoms with Crippen LogP contribution in [-0.4, -0.2) is 64.3 Å². The van der Waals surface area contributed by atoms with Crippen molar-refractivity contribution in [2.24, 2.45) is 0 Å². The van der Waals surface area contributed by atoms with Gasteiger partial charge in [-0.05, 0) is 48.2 Å². The largest absolute Gasteiger partial charge is 0.494 e. The normalized spacial score (nSPS) is 25.8. The van der Waals surface area contributed by atoms with Crippen molar-refractivity contribution in [1.29, 1.82) is 0 Å². The van der Waals surface area contributed by atoms with E-state index in [2.05, 4.69) is 0 Å². The highest BCUT2D eigenvalue weighted by atomic mass is 35.5. The number of aliphatic hydroxyl groups is 3. The molecule has 8 heteroatoms. The number of halogens is 1. The molecule has 3 rings (SSSR count). The monoisotopic (exact) mass is 449 g/mol. The Labute approximate surface area is 186 Å². The van der Waals surface area contributed by atoms with Crippen LogP contribution in [0.1, 0.15) is 36.6 Å². The standard InChI is InChI=1S/C23H28ClNO6/c1-4-30-17-8-5-14(6-9-17)11-16-12-15(7-10-18(16)24)22-20(28)19(27)21(29)23(31-22)25(3)13(2)26/h5-10,12,19-23,27-29H,4,11H2,1-3H3/t19-,20-,21+,22+,23+/m1/s1. The van der Waals surface area contributed by atoms with E-state index in [9.17, 15) is 20.1 Å². The first-order valence-corrected chi connectivity index (χ1v) is 10.5. The fourth-order valence-electron chi connectivity index (χ4n) is 3.63. The summed E-state index contributed by atoms with van der Waals surface area (Å²) >= 11 is 6.40. The van der Waals surface area contributed by atoms with Crippen molar-refractivity contribution < 1.29 is 29.6 Å². The Morgan fingerprint density at radius 3 is 2.39 bits per heavy atom. The highest BCUT2D eigenvalue weighted by Crippen LogP contribution is 2.35. The van der Waals surface area contributed by atoms with Gasteiger partial charge in [0, 0.05) is 19.0 Å². The third-order valence-electron chi connectivity index (χ3n) is 5.49. The number of benzene rings is 2. The van der Waals surface area contributed by atoms with Gasteiger partial charge in [0.1, 0.15) is 30.2 Å². The molecule has 0 bridgehead atoms. The van der Waals surface area contributed by atoms with Gasteiger partial charge in [0.25, 0.3) is 0 Å². The number of rotatable bonds is 6. The first-order valence-electron chi connectivity index (χ1n) is 10.2. The number of hydrogen-bond acceptors (Lipinski definition) is 6. The summed E-state index contributed by atoms with van der Waals surface area (Å²) in [5.74, 6) is 0.455. The van der Waals surface area contributed by atoms with E-state index < -0.39 is 30.6 Å². The number of nitrogens with zero attached hydrogens (tertiary/aromatic N) is 1. The molecule has 0 saturated carbocycles. The number of hydrogen-bond donors (Lipinski definition) is 3. The van der Waals surface area contributed by atoms with Crippen molar-refractivity contribution in [2.75, 3.05) is 13.7 Å². The van der Waals surface area contributed by atoms with Gasteiger partial charge >= 0.3 is 0 Å². The molecule has 1 heterocycles. The van der Waals surface area contributed by atoms with Crippen molar-refractivity contribution in [3.05, 3.63) is 64.2 Å². The minimum atomic E-state index is -1.48. The fraction of sp³-hybridized carbons (Fsp3) is 0.435. The lowest BCUT2D eigenvalue weighted by atomic mass is 9.91. The predicted octanol–water partition coefficient (Wildman–Crippen LogP) is 2.29. The Morgan fingerprint density at radius 1 is 1.10 bits per heavy atom. The molecule has 0 spiro atoms. The Morgan fingerprint density at radius 2 is 1.77 bits per heavy atom. The lowest BCUT2D eigenvalue weighted by Crippen LogP contribution is -2.59. The predicted molar refractivity (Wildman–Crippen MR) is 116 cm³/mol. The molecular formula is C23H28ClNO6. The number of carbonyl (C=O) groups excluding carboxylic acids is 1. The molecule has 0 radical (unpaired) electrons. The van der Waals surface area contributed by atoms with Gasteiger partial charge in [-0.15, -0.1) is 0 Å². The van der Waals surface area contributed by atoms with E-state index in [1.807, 2.05) is 37.3 Å². The van der Waals surface area contributed by atoms with Crippen LogP contribution in [-0.2, 0) is 16.0 Å². The van der Waals surface area contributed by atoms with Crippen LogP contribution in [0.4, 0.5) is 0 Å². The number of likely N-dealkylation sites (N-methyl/N-ethyl adjacent to an activating group) is 1. The zero-order valence-electron chi connectivity index (χ0n) is 17.7. The van der Waals surface area contributed by atoms with E-state index in [-0.39, 0.29) is 5.91 Å². The minimum Gasteiger partial charge on any atom is -0.494 e. The Bertz CT molecular complexity index is 905. The van der Waals surface area contributed by atoms with Crippen LogP contribution in [0.15, 0.2) is 42.5 Å². The molecule has 1 amide bonds. The molecule has 31 heavy (non-hydrogen) atoms. The summed E-state index contributed by atoms with van der Waals surface area (Å²) in [6.45, 7) is 3.85. The quantitative estimate of drug-likeness (QED) is 0.625. The fourth-order valence-corrected chi connectivity index (χ4v) is 3.82. The second-order valence-corrected chi connectivity index (χ2v) is 8.06. The number of ether oxygens (including phenoxy) is 2. The van der Waals surface area contributed by atoms with E-state index >= 15 is 0 Å². The van der Waals surface area contributed by atoms with Crippen LogP contribution < -0.4 is 4.74 Å². The maximum atomic E-state index is 11.8. The van der Waals surface area contributed by atoms with Crippen molar-refractivity contribution in [3.63, 3.8) is 0 Å². The van der Waals surface area contributed by atoms with E-state index in [0.29, 0.717) is 23.6 Å². The lowest BCUT2D eigenvalue weighted by Gasteiger charge is -2.44. The first-order chi connectivity index (χ1) is 14.7. The van der Waals surface area contributed by atoms with Gasteiger partial charge in [-0.3, -0.25) is 4.79 Å². The maximum Gasteiger partial charge on any atom is 0.221 e. The highest BCUT2D eigenvalue weighted by Gasteiger charge is 2.46. The molecule has 7 nitrogen and oxygen atoms in total. The van der Waals surface area contributed by atoms with Gasteiger partial charge < -0.3 is 29.7 Å². The average molecular weight is 450 g/mol. The highest BCUT2D eigenvalue weighted by molar-refractivity contribution is 6.31. The summed E-state index contributed by atoms with van der Waals surface area (Å²) in [5.41, 5.74) is 2.43. The summed E-state index contributed by atoms with van der Waals surface area (Å²) in [6, 6.07) is 12.9. The summed E-state index contributed by atoms with van der Waals surface area (Å²) in [6.07, 6.45) is -5.77. The Kier molecular flexibility index (Phi) is 7.56. The molecule has 2 aromatic carbocycles. The van der Waals surface area contributed by atoms with E-state index in [0.717, 1.165) is 16.9 Å². The van der Waals surface area contributed by atoms with Gasteiger partial charge in [-0.2, -0.15) is 0 Å². The molecule has 0 aromatic heterocycles. The van der Waals surface area contributed by atoms with Crippen molar-refractivity contribution in [1.82, 2.24) is 4.90 Å². The molecule has 0 unspecified atom stereocenters. The summed E-state index contributed by atoms with van der Waals surface area (Å²) in [5, 5.41) is 31.7. The van der Waals surface area contributed by atoms with Gasteiger partial charge in [0.2, 0.25) is 5.91 Å². The molecule has 1 fully saturated rings. The Balaban J connectivity index is 1.85. The van der Waals surface area contributed by atoms with E-state index in [4.69, 9.17) is 21.1 Å². The van der Waals surface area contributed by atoms with Crippen LogP contribution >= 0.6 is 11.6 Å². The molecule has 1 aliphatic heterocycles. The Hall–Kier alpha value is -2.16. The number of carbonyl (C=O) groups is 1. The molecular weight excluding hydrogens is 422 g/mol. The molecule has 1 saturated heterocycles.